The summed E-state index contributed by atoms with van der Waals surface area (Å²) < 4.78 is 0. The quantitative estimate of drug-likeness (QED) is 0.669. The number of Topliss-reactive ketones (excluding diaryl/α,β-unsaturated/α-hetero) is 1. The maximum atomic E-state index is 12.5. The van der Waals surface area contributed by atoms with Crippen LogP contribution in [-0.4, -0.2) is 29.2 Å². The second kappa shape index (κ2) is 3.80. The molecule has 1 saturated carbocycles. The summed E-state index contributed by atoms with van der Waals surface area (Å²) in [7, 11) is 0. The molecule has 1 unspecified atom stereocenters. The lowest BCUT2D eigenvalue weighted by Gasteiger charge is -2.40. The van der Waals surface area contributed by atoms with Gasteiger partial charge in [0.1, 0.15) is 6.07 Å². The van der Waals surface area contributed by atoms with Crippen molar-refractivity contribution in [2.45, 2.75) is 32.7 Å². The average molecular weight is 256 g/mol. The molecule has 0 radical (unpaired) electrons. The Morgan fingerprint density at radius 2 is 2.05 bits per heavy atom. The molecule has 1 fully saturated rings. The molecule has 2 aliphatic carbocycles. The van der Waals surface area contributed by atoms with E-state index in [1.165, 1.54) is 0 Å². The number of fused-ring (bicyclic) bond motifs is 1. The molecule has 1 amide bonds. The molecule has 4 nitrogen and oxygen atoms in total. The molecule has 0 N–H and O–H groups in total. The van der Waals surface area contributed by atoms with E-state index in [2.05, 4.69) is 0 Å². The molecule has 0 aromatic rings. The van der Waals surface area contributed by atoms with Crippen LogP contribution in [0.15, 0.2) is 23.3 Å². The number of allylic oxidation sites excluding steroid dienone is 1. The molecule has 3 aliphatic rings. The van der Waals surface area contributed by atoms with Crippen molar-refractivity contribution in [3.63, 3.8) is 0 Å². The summed E-state index contributed by atoms with van der Waals surface area (Å²) in [5.41, 5.74) is 0.243. The average Bonchev–Trinajstić information content (AvgIpc) is 3.19. The van der Waals surface area contributed by atoms with E-state index in [9.17, 15) is 9.59 Å². The Balaban J connectivity index is 2.06. The predicted octanol–water partition coefficient (Wildman–Crippen LogP) is 1.59. The zero-order chi connectivity index (χ0) is 13.8. The number of nitriles is 1. The fourth-order valence-electron chi connectivity index (χ4n) is 3.04. The van der Waals surface area contributed by atoms with E-state index < -0.39 is 11.3 Å². The summed E-state index contributed by atoms with van der Waals surface area (Å²) in [6.07, 6.45) is 5.70. The molecular weight excluding hydrogens is 240 g/mol. The first-order valence-electron chi connectivity index (χ1n) is 6.64. The molecule has 3 rings (SSSR count). The first-order valence-corrected chi connectivity index (χ1v) is 6.64. The summed E-state index contributed by atoms with van der Waals surface area (Å²) >= 11 is 0. The Morgan fingerprint density at radius 3 is 2.63 bits per heavy atom. The van der Waals surface area contributed by atoms with Crippen molar-refractivity contribution in [1.29, 1.82) is 5.26 Å². The van der Waals surface area contributed by atoms with Gasteiger partial charge in [0.15, 0.2) is 5.78 Å². The normalized spacial score (nSPS) is 29.3. The lowest BCUT2D eigenvalue weighted by Crippen LogP contribution is -2.47. The third-order valence-corrected chi connectivity index (χ3v) is 4.37. The Kier molecular flexibility index (Phi) is 2.43. The molecule has 98 valence electrons. The standard InChI is InChI=1S/C15H16N2O2/c1-15(2)12-5-6-17(10-3-4-10)14(19)11(12)7-9(8-16)13(15)18/h5,7,10-11H,3-4,6H2,1-2H3. The number of hydrogen-bond donors (Lipinski definition) is 0. The van der Waals surface area contributed by atoms with Gasteiger partial charge in [-0.2, -0.15) is 5.26 Å². The Labute approximate surface area is 112 Å². The van der Waals surface area contributed by atoms with Crippen LogP contribution in [0.25, 0.3) is 0 Å². The number of amides is 1. The Hall–Kier alpha value is -1.89. The number of nitrogens with zero attached hydrogens (tertiary/aromatic N) is 2. The summed E-state index contributed by atoms with van der Waals surface area (Å²) in [5.74, 6) is -0.546. The topological polar surface area (TPSA) is 61.2 Å². The van der Waals surface area contributed by atoms with E-state index in [1.807, 2.05) is 17.0 Å². The van der Waals surface area contributed by atoms with Crippen LogP contribution in [0, 0.1) is 22.7 Å². The minimum absolute atomic E-state index is 0.0494. The zero-order valence-corrected chi connectivity index (χ0v) is 11.1. The number of rotatable bonds is 1. The van der Waals surface area contributed by atoms with Crippen LogP contribution in [-0.2, 0) is 9.59 Å². The molecule has 0 spiro atoms. The van der Waals surface area contributed by atoms with E-state index in [1.54, 1.807) is 19.9 Å². The van der Waals surface area contributed by atoms with E-state index in [-0.39, 0.29) is 17.3 Å². The second-order valence-electron chi connectivity index (χ2n) is 6.01. The predicted molar refractivity (Wildman–Crippen MR) is 68.8 cm³/mol. The maximum Gasteiger partial charge on any atom is 0.234 e. The fraction of sp³-hybridized carbons (Fsp3) is 0.533. The van der Waals surface area contributed by atoms with Gasteiger partial charge in [0.05, 0.1) is 16.9 Å². The van der Waals surface area contributed by atoms with Crippen LogP contribution < -0.4 is 0 Å². The van der Waals surface area contributed by atoms with Gasteiger partial charge in [-0.25, -0.2) is 0 Å². The van der Waals surface area contributed by atoms with Gasteiger partial charge < -0.3 is 4.90 Å². The Bertz CT molecular complexity index is 573. The summed E-state index contributed by atoms with van der Waals surface area (Å²) in [4.78, 5) is 26.6. The highest BCUT2D eigenvalue weighted by Crippen LogP contribution is 2.44. The monoisotopic (exact) mass is 256 g/mol. The summed E-state index contributed by atoms with van der Waals surface area (Å²) in [6.45, 7) is 4.21. The van der Waals surface area contributed by atoms with E-state index in [4.69, 9.17) is 5.26 Å². The van der Waals surface area contributed by atoms with Gasteiger partial charge in [0, 0.05) is 12.6 Å². The number of ketones is 1. The Morgan fingerprint density at radius 1 is 1.37 bits per heavy atom. The first kappa shape index (κ1) is 12.2. The molecule has 0 aromatic carbocycles. The van der Waals surface area contributed by atoms with Crippen LogP contribution in [0.1, 0.15) is 26.7 Å². The van der Waals surface area contributed by atoms with Crippen LogP contribution in [0.2, 0.25) is 0 Å². The van der Waals surface area contributed by atoms with Crippen molar-refractivity contribution in [2.75, 3.05) is 6.54 Å². The summed E-state index contributed by atoms with van der Waals surface area (Å²) in [5, 5.41) is 9.07. The lowest BCUT2D eigenvalue weighted by atomic mass is 9.66. The van der Waals surface area contributed by atoms with Crippen molar-refractivity contribution in [3.8, 4) is 6.07 Å². The largest absolute Gasteiger partial charge is 0.335 e. The van der Waals surface area contributed by atoms with Gasteiger partial charge in [-0.15, -0.1) is 0 Å². The zero-order valence-electron chi connectivity index (χ0n) is 11.1. The molecule has 1 atom stereocenters. The fourth-order valence-corrected chi connectivity index (χ4v) is 3.04. The minimum atomic E-state index is -0.740. The molecule has 4 heteroatoms. The molecule has 0 aromatic heterocycles. The number of hydrogen-bond acceptors (Lipinski definition) is 3. The van der Waals surface area contributed by atoms with Gasteiger partial charge in [0.2, 0.25) is 5.91 Å². The maximum absolute atomic E-state index is 12.5. The van der Waals surface area contributed by atoms with Gasteiger partial charge in [-0.3, -0.25) is 9.59 Å². The van der Waals surface area contributed by atoms with Crippen molar-refractivity contribution in [1.82, 2.24) is 4.90 Å². The molecular formula is C15H16N2O2. The van der Waals surface area contributed by atoms with E-state index >= 15 is 0 Å². The SMILES string of the molecule is CC1(C)C(=O)C(C#N)=CC2C(=O)N(C3CC3)CC=C21. The van der Waals surface area contributed by atoms with Crippen molar-refractivity contribution < 1.29 is 9.59 Å². The summed E-state index contributed by atoms with van der Waals surface area (Å²) in [6, 6.07) is 2.30. The van der Waals surface area contributed by atoms with E-state index in [0.717, 1.165) is 18.4 Å². The molecule has 19 heavy (non-hydrogen) atoms. The highest BCUT2D eigenvalue weighted by Gasteiger charge is 2.48. The van der Waals surface area contributed by atoms with Gasteiger partial charge in [-0.05, 0) is 38.3 Å². The van der Waals surface area contributed by atoms with Gasteiger partial charge in [0.25, 0.3) is 0 Å². The van der Waals surface area contributed by atoms with Crippen LogP contribution in [0.5, 0.6) is 0 Å². The van der Waals surface area contributed by atoms with Crippen molar-refractivity contribution in [3.05, 3.63) is 23.3 Å². The van der Waals surface area contributed by atoms with Crippen LogP contribution >= 0.6 is 0 Å². The smallest absolute Gasteiger partial charge is 0.234 e. The highest BCUT2D eigenvalue weighted by molar-refractivity contribution is 6.08. The lowest BCUT2D eigenvalue weighted by molar-refractivity contribution is -0.135. The first-order chi connectivity index (χ1) is 8.96. The third-order valence-electron chi connectivity index (χ3n) is 4.37. The highest BCUT2D eigenvalue weighted by atomic mass is 16.2. The second-order valence-corrected chi connectivity index (χ2v) is 6.01. The molecule has 1 aliphatic heterocycles. The number of carbonyl (C=O) groups is 2. The minimum Gasteiger partial charge on any atom is -0.335 e. The van der Waals surface area contributed by atoms with Gasteiger partial charge >= 0.3 is 0 Å². The molecule has 0 bridgehead atoms. The van der Waals surface area contributed by atoms with Crippen molar-refractivity contribution in [2.24, 2.45) is 11.3 Å². The third kappa shape index (κ3) is 1.65. The van der Waals surface area contributed by atoms with Crippen molar-refractivity contribution >= 4 is 11.7 Å². The van der Waals surface area contributed by atoms with E-state index in [0.29, 0.717) is 12.6 Å². The van der Waals surface area contributed by atoms with Crippen LogP contribution in [0.4, 0.5) is 0 Å². The molecule has 1 heterocycles. The van der Waals surface area contributed by atoms with Crippen LogP contribution in [0.3, 0.4) is 0 Å². The molecule has 0 saturated heterocycles. The van der Waals surface area contributed by atoms with Gasteiger partial charge in [-0.1, -0.05) is 6.08 Å². The number of carbonyl (C=O) groups excluding carboxylic acids is 2.